The molecule has 0 bridgehead atoms. The first-order valence-electron chi connectivity index (χ1n) is 11.4. The number of benzene rings is 4. The molecule has 0 saturated carbocycles. The lowest BCUT2D eigenvalue weighted by molar-refractivity contribution is 0.0784. The number of carbonyl (C=O) groups excluding carboxylic acids is 2. The van der Waals surface area contributed by atoms with Crippen LogP contribution in [0.25, 0.3) is 0 Å². The zero-order valence-corrected chi connectivity index (χ0v) is 20.4. The second-order valence-corrected chi connectivity index (χ2v) is 9.99. The molecule has 1 unspecified atom stereocenters. The van der Waals surface area contributed by atoms with Crippen molar-refractivity contribution in [1.82, 2.24) is 4.90 Å². The number of carbonyl (C=O) groups is 2. The molecule has 4 aromatic rings. The number of anilines is 1. The third-order valence-electron chi connectivity index (χ3n) is 6.15. The van der Waals surface area contributed by atoms with Crippen LogP contribution in [0.2, 0.25) is 0 Å². The number of amides is 2. The second kappa shape index (κ2) is 9.87. The predicted molar refractivity (Wildman–Crippen MR) is 137 cm³/mol. The average molecular weight is 499 g/mol. The molecule has 0 N–H and O–H groups in total. The van der Waals surface area contributed by atoms with Crippen LogP contribution in [0.1, 0.15) is 31.8 Å². The van der Waals surface area contributed by atoms with Gasteiger partial charge in [0, 0.05) is 24.7 Å². The Labute approximate surface area is 211 Å². The standard InChI is InChI=1S/C29H23FN2O3S/c1-31(18-20-9-3-2-4-10-20)28(33)21-15-16-27-25(17-21)32(19-22-11-5-7-13-24(22)30)29(34)23-12-6-8-14-26(23)36(27)35/h2-17H,18-19H2,1H3. The van der Waals surface area contributed by atoms with Gasteiger partial charge in [-0.15, -0.1) is 0 Å². The largest absolute Gasteiger partial charge is 0.337 e. The Hall–Kier alpha value is -4.10. The summed E-state index contributed by atoms with van der Waals surface area (Å²) in [4.78, 5) is 30.8. The zero-order chi connectivity index (χ0) is 25.2. The number of rotatable bonds is 5. The highest BCUT2D eigenvalue weighted by molar-refractivity contribution is 7.85. The smallest absolute Gasteiger partial charge is 0.259 e. The van der Waals surface area contributed by atoms with Crippen LogP contribution < -0.4 is 4.90 Å². The van der Waals surface area contributed by atoms with Crippen LogP contribution in [0.4, 0.5) is 10.1 Å². The van der Waals surface area contributed by atoms with Gasteiger partial charge < -0.3 is 9.80 Å². The molecule has 180 valence electrons. The quantitative estimate of drug-likeness (QED) is 0.369. The number of nitrogens with zero attached hydrogens (tertiary/aromatic N) is 2. The van der Waals surface area contributed by atoms with E-state index in [0.29, 0.717) is 33.2 Å². The van der Waals surface area contributed by atoms with Crippen LogP contribution >= 0.6 is 0 Å². The van der Waals surface area contributed by atoms with Crippen LogP contribution in [0, 0.1) is 5.82 Å². The molecule has 1 aliphatic rings. The lowest BCUT2D eigenvalue weighted by Gasteiger charge is -2.24. The van der Waals surface area contributed by atoms with Crippen molar-refractivity contribution in [1.29, 1.82) is 0 Å². The molecule has 0 radical (unpaired) electrons. The van der Waals surface area contributed by atoms with Crippen LogP contribution in [0.3, 0.4) is 0 Å². The topological polar surface area (TPSA) is 57.7 Å². The molecule has 7 heteroatoms. The van der Waals surface area contributed by atoms with Crippen LogP contribution in [0.5, 0.6) is 0 Å². The van der Waals surface area contributed by atoms with E-state index in [2.05, 4.69) is 0 Å². The highest BCUT2D eigenvalue weighted by Crippen LogP contribution is 2.36. The molecular formula is C29H23FN2O3S. The molecular weight excluding hydrogens is 475 g/mol. The van der Waals surface area contributed by atoms with Gasteiger partial charge in [-0.25, -0.2) is 8.60 Å². The number of fused-ring (bicyclic) bond motifs is 2. The van der Waals surface area contributed by atoms with E-state index in [1.54, 1.807) is 72.6 Å². The van der Waals surface area contributed by atoms with E-state index in [-0.39, 0.29) is 18.0 Å². The zero-order valence-electron chi connectivity index (χ0n) is 19.6. The van der Waals surface area contributed by atoms with Gasteiger partial charge in [0.1, 0.15) is 5.82 Å². The second-order valence-electron chi connectivity index (χ2n) is 8.58. The van der Waals surface area contributed by atoms with Crippen molar-refractivity contribution in [2.45, 2.75) is 22.9 Å². The van der Waals surface area contributed by atoms with Gasteiger partial charge in [0.05, 0.1) is 38.4 Å². The SMILES string of the molecule is CN(Cc1ccccc1)C(=O)c1ccc2c(c1)N(Cc1ccccc1F)C(=O)c1ccccc1S2=O. The Morgan fingerprint density at radius 1 is 0.889 bits per heavy atom. The van der Waals surface area contributed by atoms with Crippen molar-refractivity contribution >= 4 is 28.3 Å². The van der Waals surface area contributed by atoms with E-state index < -0.39 is 22.5 Å². The maximum absolute atomic E-state index is 14.6. The molecule has 36 heavy (non-hydrogen) atoms. The monoisotopic (exact) mass is 498 g/mol. The van der Waals surface area contributed by atoms with Gasteiger partial charge in [0.25, 0.3) is 11.8 Å². The van der Waals surface area contributed by atoms with E-state index in [9.17, 15) is 18.2 Å². The van der Waals surface area contributed by atoms with Gasteiger partial charge >= 0.3 is 0 Å². The maximum Gasteiger partial charge on any atom is 0.259 e. The highest BCUT2D eigenvalue weighted by atomic mass is 32.2. The maximum atomic E-state index is 14.6. The van der Waals surface area contributed by atoms with E-state index in [1.807, 2.05) is 30.3 Å². The molecule has 1 atom stereocenters. The van der Waals surface area contributed by atoms with E-state index in [4.69, 9.17) is 0 Å². The molecule has 1 heterocycles. The summed E-state index contributed by atoms with van der Waals surface area (Å²) in [6.45, 7) is 0.341. The number of halogens is 1. The fraction of sp³-hybridized carbons (Fsp3) is 0.103. The predicted octanol–water partition coefficient (Wildman–Crippen LogP) is 5.43. The summed E-state index contributed by atoms with van der Waals surface area (Å²) >= 11 is 0. The summed E-state index contributed by atoms with van der Waals surface area (Å²) in [7, 11) is 0.0486. The Morgan fingerprint density at radius 2 is 1.58 bits per heavy atom. The van der Waals surface area contributed by atoms with Crippen LogP contribution in [-0.2, 0) is 23.9 Å². The van der Waals surface area contributed by atoms with Crippen molar-refractivity contribution in [2.75, 3.05) is 11.9 Å². The molecule has 0 fully saturated rings. The van der Waals surface area contributed by atoms with E-state index >= 15 is 0 Å². The van der Waals surface area contributed by atoms with Crippen molar-refractivity contribution in [2.24, 2.45) is 0 Å². The van der Waals surface area contributed by atoms with E-state index in [0.717, 1.165) is 5.56 Å². The van der Waals surface area contributed by atoms with Gasteiger partial charge in [-0.05, 0) is 42.0 Å². The van der Waals surface area contributed by atoms with Crippen molar-refractivity contribution in [3.63, 3.8) is 0 Å². The molecule has 0 aromatic heterocycles. The van der Waals surface area contributed by atoms with Crippen molar-refractivity contribution in [3.8, 4) is 0 Å². The minimum Gasteiger partial charge on any atom is -0.337 e. The fourth-order valence-corrected chi connectivity index (χ4v) is 5.64. The summed E-state index contributed by atoms with van der Waals surface area (Å²) in [5, 5.41) is 0. The van der Waals surface area contributed by atoms with Gasteiger partial charge in [-0.1, -0.05) is 60.7 Å². The Morgan fingerprint density at radius 3 is 2.36 bits per heavy atom. The molecule has 0 spiro atoms. The minimum atomic E-state index is -1.66. The molecule has 1 aliphatic heterocycles. The summed E-state index contributed by atoms with van der Waals surface area (Å²) in [5.41, 5.74) is 2.27. The summed E-state index contributed by atoms with van der Waals surface area (Å²) in [6, 6.07) is 27.4. The molecule has 5 rings (SSSR count). The van der Waals surface area contributed by atoms with E-state index in [1.165, 1.54) is 11.0 Å². The summed E-state index contributed by atoms with van der Waals surface area (Å²) in [6.07, 6.45) is 0. The normalized spacial score (nSPS) is 14.6. The lowest BCUT2D eigenvalue weighted by Crippen LogP contribution is -2.31. The summed E-state index contributed by atoms with van der Waals surface area (Å²) < 4.78 is 28.1. The molecule has 2 amide bonds. The van der Waals surface area contributed by atoms with Gasteiger partial charge in [0.15, 0.2) is 0 Å². The minimum absolute atomic E-state index is 0.0679. The van der Waals surface area contributed by atoms with Crippen molar-refractivity contribution in [3.05, 3.63) is 125 Å². The molecule has 0 saturated heterocycles. The first-order valence-corrected chi connectivity index (χ1v) is 12.6. The Balaban J connectivity index is 1.58. The van der Waals surface area contributed by atoms with Crippen molar-refractivity contribution < 1.29 is 18.2 Å². The third-order valence-corrected chi connectivity index (χ3v) is 7.65. The number of hydrogen-bond acceptors (Lipinski definition) is 3. The number of hydrogen-bond donors (Lipinski definition) is 0. The van der Waals surface area contributed by atoms with Crippen LogP contribution in [-0.4, -0.2) is 28.0 Å². The molecule has 4 aromatic carbocycles. The van der Waals surface area contributed by atoms with Gasteiger partial charge in [0.2, 0.25) is 0 Å². The average Bonchev–Trinajstić information content (AvgIpc) is 2.99. The third kappa shape index (κ3) is 4.45. The molecule has 0 aliphatic carbocycles. The highest BCUT2D eigenvalue weighted by Gasteiger charge is 2.32. The molecule has 5 nitrogen and oxygen atoms in total. The van der Waals surface area contributed by atoms with Crippen LogP contribution in [0.15, 0.2) is 107 Å². The Bertz CT molecular complexity index is 1490. The first kappa shape index (κ1) is 23.6. The summed E-state index contributed by atoms with van der Waals surface area (Å²) in [5.74, 6) is -1.09. The Kier molecular flexibility index (Phi) is 6.48. The fourth-order valence-electron chi connectivity index (χ4n) is 4.30. The lowest BCUT2D eigenvalue weighted by atomic mass is 10.1. The van der Waals surface area contributed by atoms with Gasteiger partial charge in [-0.3, -0.25) is 9.59 Å². The first-order chi connectivity index (χ1) is 17.4. The van der Waals surface area contributed by atoms with Gasteiger partial charge in [-0.2, -0.15) is 0 Å².